The largest absolute Gasteiger partial charge is 0.305 e. The van der Waals surface area contributed by atoms with Crippen molar-refractivity contribution >= 4 is 33.4 Å². The number of hydrogen-bond acceptors (Lipinski definition) is 1. The number of allylic oxidation sites excluding steroid dienone is 2. The molecule has 86 valence electrons. The molecule has 0 aliphatic heterocycles. The number of rotatable bonds is 3. The summed E-state index contributed by atoms with van der Waals surface area (Å²) >= 11 is 8.97. The van der Waals surface area contributed by atoms with E-state index in [9.17, 15) is 4.79 Å². The van der Waals surface area contributed by atoms with E-state index in [1.54, 1.807) is 4.90 Å². The van der Waals surface area contributed by atoms with Crippen LogP contribution in [-0.2, 0) is 4.79 Å². The molecule has 0 saturated carbocycles. The average molecular weight is 295 g/mol. The van der Waals surface area contributed by atoms with Crippen molar-refractivity contribution in [3.05, 3.63) is 11.3 Å². The summed E-state index contributed by atoms with van der Waals surface area (Å²) in [5, 5.41) is 0. The number of carbonyl (C=O) groups excluding carboxylic acids is 1. The number of amides is 1. The van der Waals surface area contributed by atoms with Crippen LogP contribution in [0.3, 0.4) is 0 Å². The molecule has 0 aromatic heterocycles. The monoisotopic (exact) mass is 293 g/mol. The first-order valence-electron chi connectivity index (χ1n) is 5.23. The lowest BCUT2D eigenvalue weighted by Crippen LogP contribution is -2.34. The van der Waals surface area contributed by atoms with Crippen LogP contribution in [0.1, 0.15) is 33.1 Å². The van der Waals surface area contributed by atoms with E-state index in [1.165, 1.54) is 17.7 Å². The van der Waals surface area contributed by atoms with E-state index < -0.39 is 0 Å². The standard InChI is InChI=1S/C11H17BrClNO/c1-8-4-3-5-9(2)11(8)14(7-12)10(15)6-13/h8H,3-7H2,1-2H3. The second kappa shape index (κ2) is 5.90. The molecule has 0 fully saturated rings. The molecule has 0 heterocycles. The van der Waals surface area contributed by atoms with Gasteiger partial charge in [-0.2, -0.15) is 0 Å². The fourth-order valence-corrected chi connectivity index (χ4v) is 2.89. The highest BCUT2D eigenvalue weighted by atomic mass is 79.9. The predicted octanol–water partition coefficient (Wildman–Crippen LogP) is 3.50. The Bertz CT molecular complexity index is 278. The normalized spacial score (nSPS) is 21.7. The first kappa shape index (κ1) is 13.0. The summed E-state index contributed by atoms with van der Waals surface area (Å²) in [7, 11) is 0. The zero-order valence-corrected chi connectivity index (χ0v) is 11.6. The SMILES string of the molecule is CC1=C(N(CBr)C(=O)CCl)C(C)CCC1. The van der Waals surface area contributed by atoms with Gasteiger partial charge < -0.3 is 4.90 Å². The average Bonchev–Trinajstić information content (AvgIpc) is 2.22. The molecule has 0 saturated heterocycles. The van der Waals surface area contributed by atoms with Crippen LogP contribution in [0.5, 0.6) is 0 Å². The molecule has 0 spiro atoms. The van der Waals surface area contributed by atoms with Crippen LogP contribution in [-0.4, -0.2) is 22.1 Å². The van der Waals surface area contributed by atoms with Gasteiger partial charge in [-0.25, -0.2) is 0 Å². The topological polar surface area (TPSA) is 20.3 Å². The Labute approximate surface area is 105 Å². The van der Waals surface area contributed by atoms with Crippen molar-refractivity contribution in [2.45, 2.75) is 33.1 Å². The summed E-state index contributed by atoms with van der Waals surface area (Å²) < 4.78 is 0. The van der Waals surface area contributed by atoms with Crippen LogP contribution in [0, 0.1) is 5.92 Å². The predicted molar refractivity (Wildman–Crippen MR) is 67.1 cm³/mol. The van der Waals surface area contributed by atoms with Crippen LogP contribution in [0.4, 0.5) is 0 Å². The molecule has 1 unspecified atom stereocenters. The highest BCUT2D eigenvalue weighted by molar-refractivity contribution is 9.09. The van der Waals surface area contributed by atoms with E-state index in [2.05, 4.69) is 29.8 Å². The maximum absolute atomic E-state index is 11.7. The zero-order chi connectivity index (χ0) is 11.4. The Hall–Kier alpha value is -0.0200. The number of hydrogen-bond donors (Lipinski definition) is 0. The molecule has 2 nitrogen and oxygen atoms in total. The smallest absolute Gasteiger partial charge is 0.242 e. The van der Waals surface area contributed by atoms with Gasteiger partial charge in [0, 0.05) is 5.70 Å². The lowest BCUT2D eigenvalue weighted by Gasteiger charge is -2.32. The molecule has 1 amide bonds. The molecule has 0 N–H and O–H groups in total. The van der Waals surface area contributed by atoms with Gasteiger partial charge in [0.25, 0.3) is 0 Å². The van der Waals surface area contributed by atoms with Crippen LogP contribution in [0.15, 0.2) is 11.3 Å². The number of alkyl halides is 2. The van der Waals surface area contributed by atoms with E-state index >= 15 is 0 Å². The van der Waals surface area contributed by atoms with Crippen molar-refractivity contribution in [2.75, 3.05) is 11.3 Å². The van der Waals surface area contributed by atoms with Crippen LogP contribution < -0.4 is 0 Å². The van der Waals surface area contributed by atoms with E-state index in [4.69, 9.17) is 11.6 Å². The minimum Gasteiger partial charge on any atom is -0.305 e. The van der Waals surface area contributed by atoms with Gasteiger partial charge in [0.15, 0.2) is 0 Å². The highest BCUT2D eigenvalue weighted by Gasteiger charge is 2.25. The number of nitrogens with zero attached hydrogens (tertiary/aromatic N) is 1. The van der Waals surface area contributed by atoms with E-state index in [0.29, 0.717) is 11.4 Å². The van der Waals surface area contributed by atoms with Gasteiger partial charge in [-0.3, -0.25) is 4.79 Å². The number of halogens is 2. The van der Waals surface area contributed by atoms with Crippen molar-refractivity contribution in [1.29, 1.82) is 0 Å². The lowest BCUT2D eigenvalue weighted by molar-refractivity contribution is -0.126. The maximum Gasteiger partial charge on any atom is 0.242 e. The quantitative estimate of drug-likeness (QED) is 0.576. The molecule has 1 rings (SSSR count). The number of carbonyl (C=O) groups is 1. The molecule has 0 aromatic carbocycles. The Morgan fingerprint density at radius 2 is 2.33 bits per heavy atom. The third kappa shape index (κ3) is 2.97. The van der Waals surface area contributed by atoms with E-state index in [1.807, 2.05) is 0 Å². The van der Waals surface area contributed by atoms with Gasteiger partial charge >= 0.3 is 0 Å². The van der Waals surface area contributed by atoms with Crippen molar-refractivity contribution in [2.24, 2.45) is 5.92 Å². The summed E-state index contributed by atoms with van der Waals surface area (Å²) in [5.74, 6) is 0.495. The first-order chi connectivity index (χ1) is 7.11. The summed E-state index contributed by atoms with van der Waals surface area (Å²) in [5.41, 5.74) is 3.03. The summed E-state index contributed by atoms with van der Waals surface area (Å²) in [4.78, 5) is 13.4. The van der Waals surface area contributed by atoms with Gasteiger partial charge in [-0.15, -0.1) is 11.6 Å². The summed E-state index contributed by atoms with van der Waals surface area (Å²) in [6.07, 6.45) is 3.48. The highest BCUT2D eigenvalue weighted by Crippen LogP contribution is 2.32. The summed E-state index contributed by atoms with van der Waals surface area (Å²) in [6, 6.07) is 0. The van der Waals surface area contributed by atoms with Crippen molar-refractivity contribution in [1.82, 2.24) is 4.90 Å². The fourth-order valence-electron chi connectivity index (χ4n) is 2.19. The molecule has 0 radical (unpaired) electrons. The second-order valence-corrected chi connectivity index (χ2v) is 4.80. The second-order valence-electron chi connectivity index (χ2n) is 4.03. The lowest BCUT2D eigenvalue weighted by atomic mass is 9.88. The Balaban J connectivity index is 2.95. The minimum atomic E-state index is -0.0170. The van der Waals surface area contributed by atoms with Crippen molar-refractivity contribution < 1.29 is 4.79 Å². The molecular formula is C11H17BrClNO. The fraction of sp³-hybridized carbons (Fsp3) is 0.727. The minimum absolute atomic E-state index is 0.0170. The Morgan fingerprint density at radius 1 is 1.67 bits per heavy atom. The molecule has 1 atom stereocenters. The van der Waals surface area contributed by atoms with Crippen LogP contribution in [0.2, 0.25) is 0 Å². The Kier molecular flexibility index (Phi) is 5.13. The van der Waals surface area contributed by atoms with E-state index in [0.717, 1.165) is 12.8 Å². The molecule has 4 heteroatoms. The molecule has 15 heavy (non-hydrogen) atoms. The summed E-state index contributed by atoms with van der Waals surface area (Å²) in [6.45, 7) is 4.29. The third-order valence-electron chi connectivity index (χ3n) is 2.92. The van der Waals surface area contributed by atoms with Gasteiger partial charge in [-0.05, 0) is 32.1 Å². The van der Waals surface area contributed by atoms with Gasteiger partial charge in [0.05, 0.1) is 5.45 Å². The van der Waals surface area contributed by atoms with Crippen molar-refractivity contribution in [3.63, 3.8) is 0 Å². The maximum atomic E-state index is 11.7. The molecule has 1 aliphatic carbocycles. The third-order valence-corrected chi connectivity index (χ3v) is 3.65. The van der Waals surface area contributed by atoms with Gasteiger partial charge in [0.1, 0.15) is 5.88 Å². The first-order valence-corrected chi connectivity index (χ1v) is 6.89. The van der Waals surface area contributed by atoms with E-state index in [-0.39, 0.29) is 11.8 Å². The Morgan fingerprint density at radius 3 is 2.80 bits per heavy atom. The zero-order valence-electron chi connectivity index (χ0n) is 9.22. The molecule has 0 aromatic rings. The molecule has 0 bridgehead atoms. The van der Waals surface area contributed by atoms with Crippen molar-refractivity contribution in [3.8, 4) is 0 Å². The van der Waals surface area contributed by atoms with Gasteiger partial charge in [0.2, 0.25) is 5.91 Å². The van der Waals surface area contributed by atoms with Gasteiger partial charge in [-0.1, -0.05) is 28.4 Å². The molecular weight excluding hydrogens is 277 g/mol. The van der Waals surface area contributed by atoms with Crippen LogP contribution >= 0.6 is 27.5 Å². The molecule has 1 aliphatic rings. The van der Waals surface area contributed by atoms with Crippen LogP contribution in [0.25, 0.3) is 0 Å².